The van der Waals surface area contributed by atoms with Crippen LogP contribution in [-0.4, -0.2) is 4.98 Å². The maximum Gasteiger partial charge on any atom is 0.134 e. The third-order valence-corrected chi connectivity index (χ3v) is 4.63. The van der Waals surface area contributed by atoms with Crippen LogP contribution in [0, 0.1) is 18.3 Å². The smallest absolute Gasteiger partial charge is 0.134 e. The topological polar surface area (TPSA) is 36.7 Å². The Morgan fingerprint density at radius 3 is 2.48 bits per heavy atom. The maximum absolute atomic E-state index is 9.49. The Labute approximate surface area is 144 Å². The molecule has 0 spiro atoms. The van der Waals surface area contributed by atoms with Gasteiger partial charge in [0.25, 0.3) is 0 Å². The van der Waals surface area contributed by atoms with Crippen molar-refractivity contribution < 1.29 is 0 Å². The summed E-state index contributed by atoms with van der Waals surface area (Å²) in [6.07, 6.45) is 1.84. The lowest BCUT2D eigenvalue weighted by Crippen LogP contribution is -1.83. The molecule has 0 unspecified atom stereocenters. The molecule has 3 aromatic rings. The highest BCUT2D eigenvalue weighted by atomic mass is 35.5. The Morgan fingerprint density at radius 1 is 1.13 bits per heavy atom. The van der Waals surface area contributed by atoms with Crippen LogP contribution in [0.15, 0.2) is 54.6 Å². The second kappa shape index (κ2) is 6.78. The third-order valence-electron chi connectivity index (χ3n) is 3.38. The van der Waals surface area contributed by atoms with E-state index in [0.29, 0.717) is 10.6 Å². The molecular weight excluding hydrogens is 324 g/mol. The zero-order valence-corrected chi connectivity index (χ0v) is 14.0. The SMILES string of the molecule is Cc1sc(/C(C#N)=C/c2ccc(Cl)cc2)nc1-c1ccccc1. The van der Waals surface area contributed by atoms with Crippen molar-refractivity contribution in [3.63, 3.8) is 0 Å². The predicted molar refractivity (Wildman–Crippen MR) is 97.2 cm³/mol. The molecule has 0 saturated heterocycles. The van der Waals surface area contributed by atoms with Crippen LogP contribution in [0.4, 0.5) is 0 Å². The minimum atomic E-state index is 0.558. The number of hydrogen-bond donors (Lipinski definition) is 0. The first-order valence-electron chi connectivity index (χ1n) is 7.08. The van der Waals surface area contributed by atoms with Crippen LogP contribution in [0.1, 0.15) is 15.4 Å². The van der Waals surface area contributed by atoms with E-state index >= 15 is 0 Å². The Balaban J connectivity index is 2.00. The molecule has 0 fully saturated rings. The number of thiazole rings is 1. The van der Waals surface area contributed by atoms with Crippen molar-refractivity contribution in [2.45, 2.75) is 6.92 Å². The van der Waals surface area contributed by atoms with Gasteiger partial charge in [0, 0.05) is 15.5 Å². The van der Waals surface area contributed by atoms with E-state index in [1.807, 2.05) is 67.6 Å². The lowest BCUT2D eigenvalue weighted by molar-refractivity contribution is 1.34. The van der Waals surface area contributed by atoms with E-state index in [9.17, 15) is 5.26 Å². The van der Waals surface area contributed by atoms with Gasteiger partial charge in [0.05, 0.1) is 11.3 Å². The molecule has 23 heavy (non-hydrogen) atoms. The summed E-state index contributed by atoms with van der Waals surface area (Å²) in [6.45, 7) is 2.03. The van der Waals surface area contributed by atoms with E-state index in [4.69, 9.17) is 11.6 Å². The lowest BCUT2D eigenvalue weighted by Gasteiger charge is -1.97. The van der Waals surface area contributed by atoms with Crippen molar-refractivity contribution in [1.29, 1.82) is 5.26 Å². The van der Waals surface area contributed by atoms with Gasteiger partial charge in [-0.2, -0.15) is 5.26 Å². The number of aryl methyl sites for hydroxylation is 1. The molecule has 4 heteroatoms. The normalized spacial score (nSPS) is 11.3. The molecule has 0 radical (unpaired) electrons. The van der Waals surface area contributed by atoms with E-state index in [2.05, 4.69) is 11.1 Å². The Hall–Kier alpha value is -2.41. The fourth-order valence-electron chi connectivity index (χ4n) is 2.24. The molecule has 112 valence electrons. The predicted octanol–water partition coefficient (Wildman–Crippen LogP) is 5.84. The summed E-state index contributed by atoms with van der Waals surface area (Å²) in [5, 5.41) is 10.9. The molecule has 0 saturated carbocycles. The molecule has 0 aliphatic rings. The second-order valence-corrected chi connectivity index (χ2v) is 6.65. The first-order chi connectivity index (χ1) is 11.2. The Morgan fingerprint density at radius 2 is 1.83 bits per heavy atom. The molecular formula is C19H13ClN2S. The molecule has 0 bridgehead atoms. The summed E-state index contributed by atoms with van der Waals surface area (Å²) >= 11 is 7.43. The van der Waals surface area contributed by atoms with Gasteiger partial charge in [-0.1, -0.05) is 54.1 Å². The summed E-state index contributed by atoms with van der Waals surface area (Å²) in [6, 6.07) is 19.7. The Bertz CT molecular complexity index is 887. The van der Waals surface area contributed by atoms with Gasteiger partial charge in [-0.3, -0.25) is 0 Å². The van der Waals surface area contributed by atoms with Gasteiger partial charge < -0.3 is 0 Å². The Kier molecular flexibility index (Phi) is 4.57. The zero-order chi connectivity index (χ0) is 16.2. The minimum absolute atomic E-state index is 0.558. The van der Waals surface area contributed by atoms with Crippen LogP contribution in [-0.2, 0) is 0 Å². The van der Waals surface area contributed by atoms with Crippen LogP contribution in [0.5, 0.6) is 0 Å². The number of halogens is 1. The summed E-state index contributed by atoms with van der Waals surface area (Å²) in [5.74, 6) is 0. The highest BCUT2D eigenvalue weighted by Crippen LogP contribution is 2.31. The van der Waals surface area contributed by atoms with Crippen molar-refractivity contribution in [3.8, 4) is 17.3 Å². The average Bonchev–Trinajstić information content (AvgIpc) is 2.97. The van der Waals surface area contributed by atoms with Gasteiger partial charge in [-0.15, -0.1) is 11.3 Å². The summed E-state index contributed by atoms with van der Waals surface area (Å²) in [7, 11) is 0. The molecule has 0 atom stereocenters. The van der Waals surface area contributed by atoms with Crippen molar-refractivity contribution in [2.24, 2.45) is 0 Å². The van der Waals surface area contributed by atoms with Gasteiger partial charge in [-0.25, -0.2) is 4.98 Å². The van der Waals surface area contributed by atoms with Crippen LogP contribution in [0.25, 0.3) is 22.9 Å². The van der Waals surface area contributed by atoms with Crippen molar-refractivity contribution in [2.75, 3.05) is 0 Å². The molecule has 3 rings (SSSR count). The molecule has 2 nitrogen and oxygen atoms in total. The number of hydrogen-bond acceptors (Lipinski definition) is 3. The number of rotatable bonds is 3. The molecule has 2 aromatic carbocycles. The van der Waals surface area contributed by atoms with E-state index in [-0.39, 0.29) is 0 Å². The van der Waals surface area contributed by atoms with Gasteiger partial charge in [0.2, 0.25) is 0 Å². The van der Waals surface area contributed by atoms with Crippen molar-refractivity contribution in [3.05, 3.63) is 75.1 Å². The first-order valence-corrected chi connectivity index (χ1v) is 8.27. The highest BCUT2D eigenvalue weighted by molar-refractivity contribution is 7.13. The third kappa shape index (κ3) is 3.50. The monoisotopic (exact) mass is 336 g/mol. The fraction of sp³-hybridized carbons (Fsp3) is 0.0526. The van der Waals surface area contributed by atoms with Gasteiger partial charge in [0.15, 0.2) is 0 Å². The van der Waals surface area contributed by atoms with E-state index in [1.54, 1.807) is 0 Å². The molecule has 0 N–H and O–H groups in total. The number of nitriles is 1. The second-order valence-electron chi connectivity index (χ2n) is 5.01. The summed E-state index contributed by atoms with van der Waals surface area (Å²) in [5.41, 5.74) is 3.49. The highest BCUT2D eigenvalue weighted by Gasteiger charge is 2.12. The largest absolute Gasteiger partial charge is 0.235 e. The average molecular weight is 337 g/mol. The molecule has 0 aliphatic carbocycles. The van der Waals surface area contributed by atoms with E-state index in [1.165, 1.54) is 11.3 Å². The molecule has 0 amide bonds. The number of nitrogens with zero attached hydrogens (tertiary/aromatic N) is 2. The number of benzene rings is 2. The first kappa shape index (κ1) is 15.5. The minimum Gasteiger partial charge on any atom is -0.235 e. The van der Waals surface area contributed by atoms with Gasteiger partial charge >= 0.3 is 0 Å². The van der Waals surface area contributed by atoms with Crippen LogP contribution < -0.4 is 0 Å². The lowest BCUT2D eigenvalue weighted by atomic mass is 10.1. The van der Waals surface area contributed by atoms with Crippen LogP contribution in [0.3, 0.4) is 0 Å². The van der Waals surface area contributed by atoms with Gasteiger partial charge in [0.1, 0.15) is 11.1 Å². The fourth-order valence-corrected chi connectivity index (χ4v) is 3.27. The van der Waals surface area contributed by atoms with E-state index < -0.39 is 0 Å². The zero-order valence-electron chi connectivity index (χ0n) is 12.5. The quantitative estimate of drug-likeness (QED) is 0.564. The van der Waals surface area contributed by atoms with Crippen molar-refractivity contribution in [1.82, 2.24) is 4.98 Å². The van der Waals surface area contributed by atoms with Crippen LogP contribution >= 0.6 is 22.9 Å². The molecule has 0 aliphatic heterocycles. The standard InChI is InChI=1S/C19H13ClN2S/c1-13-18(15-5-3-2-4-6-15)22-19(23-13)16(12-21)11-14-7-9-17(20)10-8-14/h2-11H,1H3/b16-11+. The maximum atomic E-state index is 9.49. The molecule has 1 heterocycles. The summed E-state index contributed by atoms with van der Waals surface area (Å²) < 4.78 is 0. The number of aromatic nitrogens is 1. The molecule has 1 aromatic heterocycles. The van der Waals surface area contributed by atoms with Crippen LogP contribution in [0.2, 0.25) is 5.02 Å². The van der Waals surface area contributed by atoms with Gasteiger partial charge in [-0.05, 0) is 30.7 Å². The number of allylic oxidation sites excluding steroid dienone is 1. The van der Waals surface area contributed by atoms with Crippen molar-refractivity contribution >= 4 is 34.6 Å². The van der Waals surface area contributed by atoms with E-state index in [0.717, 1.165) is 26.7 Å². The summed E-state index contributed by atoms with van der Waals surface area (Å²) in [4.78, 5) is 5.77.